The molecule has 136 valence electrons. The number of amides is 1. The van der Waals surface area contributed by atoms with Gasteiger partial charge in [0.25, 0.3) is 5.91 Å². The second-order valence-corrected chi connectivity index (χ2v) is 7.31. The lowest BCUT2D eigenvalue weighted by molar-refractivity contribution is 0.0858. The van der Waals surface area contributed by atoms with Gasteiger partial charge in [0, 0.05) is 41.6 Å². The highest BCUT2D eigenvalue weighted by Crippen LogP contribution is 2.36. The van der Waals surface area contributed by atoms with Gasteiger partial charge in [-0.1, -0.05) is 18.6 Å². The molecule has 2 heterocycles. The summed E-state index contributed by atoms with van der Waals surface area (Å²) in [6, 6.07) is 9.66. The SMILES string of the molecule is Cc1cc(C2CCC2)nc(-c2cccc(C(=O)NC[C@@H]3CCCO3)c2)n1. The minimum Gasteiger partial charge on any atom is -0.376 e. The molecule has 5 heteroatoms. The Kier molecular flexibility index (Phi) is 4.98. The minimum atomic E-state index is -0.0748. The van der Waals surface area contributed by atoms with E-state index in [1.54, 1.807) is 0 Å². The molecule has 2 aliphatic rings. The Morgan fingerprint density at radius 2 is 2.08 bits per heavy atom. The van der Waals surface area contributed by atoms with Gasteiger partial charge < -0.3 is 10.1 Å². The van der Waals surface area contributed by atoms with Gasteiger partial charge in [-0.05, 0) is 50.8 Å². The van der Waals surface area contributed by atoms with Gasteiger partial charge in [0.05, 0.1) is 6.10 Å². The molecule has 4 rings (SSSR count). The first-order chi connectivity index (χ1) is 12.7. The fraction of sp³-hybridized carbons (Fsp3) is 0.476. The van der Waals surface area contributed by atoms with E-state index < -0.39 is 0 Å². The van der Waals surface area contributed by atoms with Crippen molar-refractivity contribution in [1.82, 2.24) is 15.3 Å². The van der Waals surface area contributed by atoms with Crippen molar-refractivity contribution in [2.45, 2.75) is 51.0 Å². The van der Waals surface area contributed by atoms with Crippen LogP contribution in [0.25, 0.3) is 11.4 Å². The highest BCUT2D eigenvalue weighted by atomic mass is 16.5. The monoisotopic (exact) mass is 351 g/mol. The lowest BCUT2D eigenvalue weighted by Crippen LogP contribution is -2.31. The van der Waals surface area contributed by atoms with Crippen LogP contribution in [0.15, 0.2) is 30.3 Å². The third kappa shape index (κ3) is 3.78. The highest BCUT2D eigenvalue weighted by molar-refractivity contribution is 5.95. The largest absolute Gasteiger partial charge is 0.376 e. The Bertz CT molecular complexity index is 796. The Morgan fingerprint density at radius 3 is 2.81 bits per heavy atom. The molecule has 5 nitrogen and oxygen atoms in total. The first-order valence-electron chi connectivity index (χ1n) is 9.55. The van der Waals surface area contributed by atoms with Gasteiger partial charge >= 0.3 is 0 Å². The second kappa shape index (κ2) is 7.54. The van der Waals surface area contributed by atoms with Crippen LogP contribution in [0.4, 0.5) is 0 Å². The number of nitrogens with one attached hydrogen (secondary N) is 1. The topological polar surface area (TPSA) is 64.1 Å². The Hall–Kier alpha value is -2.27. The molecule has 1 aliphatic heterocycles. The molecule has 1 saturated heterocycles. The fourth-order valence-electron chi connectivity index (χ4n) is 3.55. The van der Waals surface area contributed by atoms with Crippen LogP contribution in [-0.2, 0) is 4.74 Å². The Labute approximate surface area is 154 Å². The molecule has 1 aliphatic carbocycles. The predicted octanol–water partition coefficient (Wildman–Crippen LogP) is 3.63. The average molecular weight is 351 g/mol. The third-order valence-electron chi connectivity index (χ3n) is 5.29. The van der Waals surface area contributed by atoms with E-state index in [1.807, 2.05) is 31.2 Å². The van der Waals surface area contributed by atoms with Crippen molar-refractivity contribution < 1.29 is 9.53 Å². The smallest absolute Gasteiger partial charge is 0.251 e. The number of hydrogen-bond donors (Lipinski definition) is 1. The number of nitrogens with zero attached hydrogens (tertiary/aromatic N) is 2. The van der Waals surface area contributed by atoms with Crippen LogP contribution >= 0.6 is 0 Å². The summed E-state index contributed by atoms with van der Waals surface area (Å²) in [7, 11) is 0. The van der Waals surface area contributed by atoms with Crippen LogP contribution in [-0.4, -0.2) is 35.1 Å². The van der Waals surface area contributed by atoms with E-state index in [2.05, 4.69) is 16.4 Å². The van der Waals surface area contributed by atoms with Crippen LogP contribution in [0.2, 0.25) is 0 Å². The number of ether oxygens (including phenoxy) is 1. The minimum absolute atomic E-state index is 0.0748. The summed E-state index contributed by atoms with van der Waals surface area (Å²) in [6.07, 6.45) is 5.94. The third-order valence-corrected chi connectivity index (χ3v) is 5.29. The fourth-order valence-corrected chi connectivity index (χ4v) is 3.55. The van der Waals surface area contributed by atoms with Gasteiger partial charge in [0.1, 0.15) is 0 Å². The molecule has 0 radical (unpaired) electrons. The van der Waals surface area contributed by atoms with Crippen molar-refractivity contribution in [3.63, 3.8) is 0 Å². The molecule has 1 amide bonds. The van der Waals surface area contributed by atoms with Crippen LogP contribution < -0.4 is 5.32 Å². The molecule has 1 saturated carbocycles. The number of carbonyl (C=O) groups is 1. The average Bonchev–Trinajstić information content (AvgIpc) is 3.11. The van der Waals surface area contributed by atoms with E-state index in [9.17, 15) is 4.79 Å². The van der Waals surface area contributed by atoms with E-state index in [0.29, 0.717) is 23.9 Å². The maximum absolute atomic E-state index is 12.5. The number of carbonyl (C=O) groups excluding carboxylic acids is 1. The summed E-state index contributed by atoms with van der Waals surface area (Å²) in [5.41, 5.74) is 3.63. The zero-order chi connectivity index (χ0) is 17.9. The zero-order valence-corrected chi connectivity index (χ0v) is 15.2. The van der Waals surface area contributed by atoms with Crippen LogP contribution in [0.3, 0.4) is 0 Å². The maximum atomic E-state index is 12.5. The van der Waals surface area contributed by atoms with Crippen molar-refractivity contribution in [2.24, 2.45) is 0 Å². The maximum Gasteiger partial charge on any atom is 0.251 e. The van der Waals surface area contributed by atoms with Gasteiger partial charge in [-0.15, -0.1) is 0 Å². The van der Waals surface area contributed by atoms with Gasteiger partial charge in [-0.25, -0.2) is 9.97 Å². The van der Waals surface area contributed by atoms with Gasteiger partial charge in [0.2, 0.25) is 0 Å². The van der Waals surface area contributed by atoms with Gasteiger partial charge in [-0.3, -0.25) is 4.79 Å². The van der Waals surface area contributed by atoms with Crippen LogP contribution in [0.1, 0.15) is 59.8 Å². The molecule has 1 N–H and O–H groups in total. The van der Waals surface area contributed by atoms with E-state index >= 15 is 0 Å². The quantitative estimate of drug-likeness (QED) is 0.893. The molecule has 1 aromatic carbocycles. The number of hydrogen-bond acceptors (Lipinski definition) is 4. The summed E-state index contributed by atoms with van der Waals surface area (Å²) in [4.78, 5) is 21.8. The standard InChI is InChI=1S/C21H25N3O2/c1-14-11-19(15-5-2-6-15)24-20(23-14)16-7-3-8-17(12-16)21(25)22-13-18-9-4-10-26-18/h3,7-8,11-12,15,18H,2,4-6,9-10,13H2,1H3,(H,22,25)/t18-/m0/s1. The summed E-state index contributed by atoms with van der Waals surface area (Å²) in [5.74, 6) is 1.20. The Morgan fingerprint density at radius 1 is 1.19 bits per heavy atom. The summed E-state index contributed by atoms with van der Waals surface area (Å²) in [5, 5.41) is 2.97. The number of aromatic nitrogens is 2. The van der Waals surface area contributed by atoms with Crippen LogP contribution in [0.5, 0.6) is 0 Å². The first kappa shape index (κ1) is 17.2. The molecule has 2 fully saturated rings. The molecular weight excluding hydrogens is 326 g/mol. The lowest BCUT2D eigenvalue weighted by Gasteiger charge is -2.25. The first-order valence-corrected chi connectivity index (χ1v) is 9.55. The second-order valence-electron chi connectivity index (χ2n) is 7.31. The van der Waals surface area contributed by atoms with Crippen LogP contribution in [0, 0.1) is 6.92 Å². The van der Waals surface area contributed by atoms with Crippen molar-refractivity contribution in [2.75, 3.05) is 13.2 Å². The van der Waals surface area contributed by atoms with Crippen molar-refractivity contribution in [1.29, 1.82) is 0 Å². The van der Waals surface area contributed by atoms with E-state index in [0.717, 1.165) is 36.4 Å². The van der Waals surface area contributed by atoms with Crippen molar-refractivity contribution in [3.05, 3.63) is 47.3 Å². The summed E-state index contributed by atoms with van der Waals surface area (Å²) < 4.78 is 5.56. The summed E-state index contributed by atoms with van der Waals surface area (Å²) in [6.45, 7) is 3.37. The van der Waals surface area contributed by atoms with Crippen molar-refractivity contribution in [3.8, 4) is 11.4 Å². The molecule has 2 aromatic rings. The lowest BCUT2D eigenvalue weighted by atomic mass is 9.82. The number of aryl methyl sites for hydroxylation is 1. The van der Waals surface area contributed by atoms with E-state index in [4.69, 9.17) is 9.72 Å². The molecule has 26 heavy (non-hydrogen) atoms. The molecule has 0 spiro atoms. The van der Waals surface area contributed by atoms with E-state index in [1.165, 1.54) is 19.3 Å². The number of benzene rings is 1. The summed E-state index contributed by atoms with van der Waals surface area (Å²) >= 11 is 0. The normalized spacial score (nSPS) is 20.0. The van der Waals surface area contributed by atoms with Crippen molar-refractivity contribution >= 4 is 5.91 Å². The Balaban J connectivity index is 1.51. The molecule has 1 atom stereocenters. The van der Waals surface area contributed by atoms with Gasteiger partial charge in [0.15, 0.2) is 5.82 Å². The zero-order valence-electron chi connectivity index (χ0n) is 15.2. The predicted molar refractivity (Wildman–Crippen MR) is 100 cm³/mol. The molecule has 0 bridgehead atoms. The molecular formula is C21H25N3O2. The van der Waals surface area contributed by atoms with E-state index in [-0.39, 0.29) is 12.0 Å². The molecule has 1 aromatic heterocycles. The van der Waals surface area contributed by atoms with Gasteiger partial charge in [-0.2, -0.15) is 0 Å². The highest BCUT2D eigenvalue weighted by Gasteiger charge is 2.22. The molecule has 0 unspecified atom stereocenters. The number of rotatable bonds is 5.